The summed E-state index contributed by atoms with van der Waals surface area (Å²) in [4.78, 5) is 26.8. The van der Waals surface area contributed by atoms with E-state index in [2.05, 4.69) is 12.5 Å². The second kappa shape index (κ2) is 7.71. The van der Waals surface area contributed by atoms with Crippen molar-refractivity contribution < 1.29 is 14.3 Å². The second-order valence-corrected chi connectivity index (χ2v) is 6.00. The van der Waals surface area contributed by atoms with Crippen LogP contribution >= 0.6 is 0 Å². The number of carbonyl (C=O) groups excluding carboxylic acids is 2. The molecule has 2 aromatic carbocycles. The van der Waals surface area contributed by atoms with Crippen molar-refractivity contribution in [3.63, 3.8) is 0 Å². The van der Waals surface area contributed by atoms with Crippen LogP contribution in [-0.4, -0.2) is 22.8 Å². The largest absolute Gasteiger partial charge is 0.453 e. The van der Waals surface area contributed by atoms with Gasteiger partial charge < -0.3 is 9.64 Å². The van der Waals surface area contributed by atoms with Crippen LogP contribution in [0.3, 0.4) is 0 Å². The van der Waals surface area contributed by atoms with Crippen molar-refractivity contribution in [3.8, 4) is 12.3 Å². The summed E-state index contributed by atoms with van der Waals surface area (Å²) in [6, 6.07) is 17.6. The van der Waals surface area contributed by atoms with E-state index in [0.717, 1.165) is 11.1 Å². The van der Waals surface area contributed by atoms with Crippen molar-refractivity contribution >= 4 is 11.9 Å². The van der Waals surface area contributed by atoms with Crippen molar-refractivity contribution in [1.82, 2.24) is 4.90 Å². The predicted molar refractivity (Wildman–Crippen MR) is 98.7 cm³/mol. The lowest BCUT2D eigenvalue weighted by atomic mass is 9.90. The molecule has 4 nitrogen and oxygen atoms in total. The molecule has 0 saturated carbocycles. The highest BCUT2D eigenvalue weighted by Crippen LogP contribution is 2.42. The number of nitrogens with zero attached hydrogens (tertiary/aromatic N) is 1. The first-order valence-electron chi connectivity index (χ1n) is 8.36. The summed E-state index contributed by atoms with van der Waals surface area (Å²) in [5.41, 5.74) is 1.68. The minimum absolute atomic E-state index is 0.0866. The van der Waals surface area contributed by atoms with Crippen LogP contribution in [-0.2, 0) is 14.3 Å². The van der Waals surface area contributed by atoms with E-state index in [0.29, 0.717) is 0 Å². The SMILES string of the molecule is C#CC[C@H]1C(=O)O[C@H](c2ccccc2)[C@H](c2ccccc2)N1C(=O)C=C. The van der Waals surface area contributed by atoms with Gasteiger partial charge in [0.15, 0.2) is 6.10 Å². The Bertz CT molecular complexity index is 839. The number of amides is 1. The third-order valence-electron chi connectivity index (χ3n) is 4.45. The lowest BCUT2D eigenvalue weighted by Gasteiger charge is -2.44. The van der Waals surface area contributed by atoms with Gasteiger partial charge in [-0.2, -0.15) is 0 Å². The van der Waals surface area contributed by atoms with Gasteiger partial charge >= 0.3 is 5.97 Å². The zero-order valence-corrected chi connectivity index (χ0v) is 14.2. The molecule has 26 heavy (non-hydrogen) atoms. The third kappa shape index (κ3) is 3.25. The number of morpholine rings is 1. The van der Waals surface area contributed by atoms with Gasteiger partial charge in [-0.05, 0) is 17.2 Å². The summed E-state index contributed by atoms with van der Waals surface area (Å²) in [7, 11) is 0. The van der Waals surface area contributed by atoms with E-state index in [-0.39, 0.29) is 12.3 Å². The Morgan fingerprint density at radius 1 is 1.12 bits per heavy atom. The Hall–Kier alpha value is -3.32. The van der Waals surface area contributed by atoms with E-state index >= 15 is 0 Å². The zero-order chi connectivity index (χ0) is 18.5. The van der Waals surface area contributed by atoms with Gasteiger partial charge in [-0.25, -0.2) is 4.79 Å². The number of ether oxygens (including phenoxy) is 1. The molecule has 2 aromatic rings. The summed E-state index contributed by atoms with van der Waals surface area (Å²) in [6.07, 6.45) is 6.11. The molecule has 3 atom stereocenters. The number of carbonyl (C=O) groups is 2. The Morgan fingerprint density at radius 2 is 1.69 bits per heavy atom. The molecule has 1 heterocycles. The van der Waals surface area contributed by atoms with Crippen LogP contribution < -0.4 is 0 Å². The Balaban J connectivity index is 2.16. The van der Waals surface area contributed by atoms with E-state index in [1.54, 1.807) is 0 Å². The predicted octanol–water partition coefficient (Wildman–Crippen LogP) is 3.43. The molecule has 1 saturated heterocycles. The monoisotopic (exact) mass is 345 g/mol. The van der Waals surface area contributed by atoms with Gasteiger partial charge in [-0.3, -0.25) is 4.79 Å². The Labute approximate surface area is 153 Å². The summed E-state index contributed by atoms with van der Waals surface area (Å²) in [6.45, 7) is 3.59. The molecule has 0 aromatic heterocycles. The average molecular weight is 345 g/mol. The van der Waals surface area contributed by atoms with Crippen molar-refractivity contribution in [2.24, 2.45) is 0 Å². The number of rotatable bonds is 4. The van der Waals surface area contributed by atoms with Crippen LogP contribution in [0.5, 0.6) is 0 Å². The maximum Gasteiger partial charge on any atom is 0.330 e. The summed E-state index contributed by atoms with van der Waals surface area (Å²) in [5.74, 6) is 1.62. The minimum Gasteiger partial charge on any atom is -0.453 e. The van der Waals surface area contributed by atoms with Gasteiger partial charge in [0.2, 0.25) is 5.91 Å². The lowest BCUT2D eigenvalue weighted by molar-refractivity contribution is -0.179. The fraction of sp³-hybridized carbons (Fsp3) is 0.182. The van der Waals surface area contributed by atoms with Crippen LogP contribution in [0, 0.1) is 12.3 Å². The smallest absolute Gasteiger partial charge is 0.330 e. The Kier molecular flexibility index (Phi) is 5.19. The van der Waals surface area contributed by atoms with Crippen LogP contribution in [0.2, 0.25) is 0 Å². The molecule has 4 heteroatoms. The highest BCUT2D eigenvalue weighted by Gasteiger charge is 2.46. The third-order valence-corrected chi connectivity index (χ3v) is 4.45. The molecule has 0 unspecified atom stereocenters. The standard InChI is InChI=1S/C22H19NO3/c1-3-11-18-22(25)26-21(17-14-9-6-10-15-17)20(23(18)19(24)4-2)16-12-7-5-8-13-16/h1,4-10,12-15,18,20-21H,2,11H2/t18-,20-,21+/m0/s1. The highest BCUT2D eigenvalue weighted by atomic mass is 16.6. The number of terminal acetylenes is 1. The van der Waals surface area contributed by atoms with Gasteiger partial charge in [0.1, 0.15) is 6.04 Å². The van der Waals surface area contributed by atoms with Gasteiger partial charge in [-0.15, -0.1) is 12.3 Å². The lowest BCUT2D eigenvalue weighted by Crippen LogP contribution is -2.53. The molecule has 1 fully saturated rings. The number of hydrogen-bond donors (Lipinski definition) is 0. The fourth-order valence-electron chi connectivity index (χ4n) is 3.29. The maximum atomic E-state index is 12.7. The highest BCUT2D eigenvalue weighted by molar-refractivity contribution is 5.92. The maximum absolute atomic E-state index is 12.7. The quantitative estimate of drug-likeness (QED) is 0.484. The first-order chi connectivity index (χ1) is 12.7. The zero-order valence-electron chi connectivity index (χ0n) is 14.2. The van der Waals surface area contributed by atoms with E-state index in [1.165, 1.54) is 11.0 Å². The molecule has 0 N–H and O–H groups in total. The van der Waals surface area contributed by atoms with Gasteiger partial charge in [0, 0.05) is 6.42 Å². The molecule has 130 valence electrons. The van der Waals surface area contributed by atoms with Crippen molar-refractivity contribution in [2.45, 2.75) is 24.6 Å². The van der Waals surface area contributed by atoms with E-state index in [4.69, 9.17) is 11.2 Å². The van der Waals surface area contributed by atoms with E-state index < -0.39 is 24.2 Å². The van der Waals surface area contributed by atoms with Crippen molar-refractivity contribution in [2.75, 3.05) is 0 Å². The molecular weight excluding hydrogens is 326 g/mol. The van der Waals surface area contributed by atoms with Crippen LogP contribution in [0.15, 0.2) is 73.3 Å². The molecule has 1 amide bonds. The second-order valence-electron chi connectivity index (χ2n) is 6.00. The normalized spacial score (nSPS) is 22.2. The minimum atomic E-state index is -0.837. The topological polar surface area (TPSA) is 46.6 Å². The average Bonchev–Trinajstić information content (AvgIpc) is 2.69. The van der Waals surface area contributed by atoms with E-state index in [1.807, 2.05) is 60.7 Å². The number of benzene rings is 2. The molecule has 1 aliphatic rings. The fourth-order valence-corrected chi connectivity index (χ4v) is 3.29. The molecule has 3 rings (SSSR count). The molecule has 0 radical (unpaired) electrons. The van der Waals surface area contributed by atoms with Crippen LogP contribution in [0.1, 0.15) is 29.7 Å². The Morgan fingerprint density at radius 3 is 2.23 bits per heavy atom. The first-order valence-corrected chi connectivity index (χ1v) is 8.36. The molecule has 0 bridgehead atoms. The van der Waals surface area contributed by atoms with E-state index in [9.17, 15) is 9.59 Å². The van der Waals surface area contributed by atoms with Crippen LogP contribution in [0.4, 0.5) is 0 Å². The molecule has 0 aliphatic carbocycles. The first kappa shape index (κ1) is 17.5. The molecule has 1 aliphatic heterocycles. The summed E-state index contributed by atoms with van der Waals surface area (Å²) in [5, 5.41) is 0. The number of cyclic esters (lactones) is 1. The molecule has 0 spiro atoms. The van der Waals surface area contributed by atoms with Gasteiger partial charge in [-0.1, -0.05) is 67.2 Å². The van der Waals surface area contributed by atoms with Gasteiger partial charge in [0.25, 0.3) is 0 Å². The number of hydrogen-bond acceptors (Lipinski definition) is 3. The molecular formula is C22H19NO3. The van der Waals surface area contributed by atoms with Gasteiger partial charge in [0.05, 0.1) is 6.04 Å². The van der Waals surface area contributed by atoms with Crippen molar-refractivity contribution in [3.05, 3.63) is 84.4 Å². The van der Waals surface area contributed by atoms with Crippen LogP contribution in [0.25, 0.3) is 0 Å². The van der Waals surface area contributed by atoms with Crippen molar-refractivity contribution in [1.29, 1.82) is 0 Å². The number of esters is 1. The summed E-state index contributed by atoms with van der Waals surface area (Å²) < 4.78 is 5.77. The summed E-state index contributed by atoms with van der Waals surface area (Å²) >= 11 is 0.